The number of alkyl carbamates (subject to hydrolysis) is 1. The number of benzene rings is 1. The molecule has 1 fully saturated rings. The number of nitrogens with one attached hydrogen (secondary N) is 2. The Morgan fingerprint density at radius 1 is 1.11 bits per heavy atom. The van der Waals surface area contributed by atoms with Gasteiger partial charge in [0.25, 0.3) is 5.56 Å². The zero-order valence-corrected chi connectivity index (χ0v) is 23.4. The van der Waals surface area contributed by atoms with Crippen LogP contribution in [0.4, 0.5) is 10.5 Å². The highest BCUT2D eigenvalue weighted by Crippen LogP contribution is 2.33. The molecule has 2 aromatic rings. The number of amides is 1. The Bertz CT molecular complexity index is 1080. The standard InChI is InChI=1S/C26H40ClN3O4S/c1-26(2,3)34-25(32)29-19-9-7-18(8-10-19)28-20-11-12-21-22(15-20)23(27)16-30(24(21)31)17-33-13-14-35(4,5)6/h11-12,15-16,18-19,28H,7-10,13-14,17H2,1-6H3,(H,29,32)/t18-,19-. The highest BCUT2D eigenvalue weighted by Gasteiger charge is 2.25. The number of pyridine rings is 1. The molecule has 0 unspecified atom stereocenters. The zero-order chi connectivity index (χ0) is 25.8. The third kappa shape index (κ3) is 8.62. The van der Waals surface area contributed by atoms with Gasteiger partial charge in [0.2, 0.25) is 0 Å². The highest BCUT2D eigenvalue weighted by molar-refractivity contribution is 8.32. The molecule has 1 saturated carbocycles. The number of rotatable bonds is 8. The Labute approximate surface area is 215 Å². The molecule has 0 saturated heterocycles. The summed E-state index contributed by atoms with van der Waals surface area (Å²) < 4.78 is 12.6. The summed E-state index contributed by atoms with van der Waals surface area (Å²) in [7, 11) is -0.633. The predicted molar refractivity (Wildman–Crippen MR) is 148 cm³/mol. The first kappa shape index (κ1) is 27.7. The quantitative estimate of drug-likeness (QED) is 0.440. The first-order chi connectivity index (χ1) is 16.3. The summed E-state index contributed by atoms with van der Waals surface area (Å²) in [6.07, 6.45) is 11.7. The Morgan fingerprint density at radius 3 is 2.40 bits per heavy atom. The molecular formula is C26H40ClN3O4S. The monoisotopic (exact) mass is 525 g/mol. The summed E-state index contributed by atoms with van der Waals surface area (Å²) in [6.45, 7) is 6.41. The third-order valence-corrected chi connectivity index (χ3v) is 7.62. The Kier molecular flexibility index (Phi) is 9.05. The number of ether oxygens (including phenoxy) is 2. The van der Waals surface area contributed by atoms with Crippen LogP contribution < -0.4 is 16.2 Å². The van der Waals surface area contributed by atoms with Gasteiger partial charge >= 0.3 is 6.09 Å². The molecule has 9 heteroatoms. The number of fused-ring (bicyclic) bond motifs is 1. The molecule has 7 nitrogen and oxygen atoms in total. The van der Waals surface area contributed by atoms with Crippen molar-refractivity contribution in [1.82, 2.24) is 9.88 Å². The van der Waals surface area contributed by atoms with Crippen molar-refractivity contribution < 1.29 is 14.3 Å². The molecule has 0 atom stereocenters. The molecule has 1 heterocycles. The molecule has 1 aliphatic rings. The molecule has 1 aliphatic carbocycles. The van der Waals surface area contributed by atoms with E-state index < -0.39 is 15.6 Å². The van der Waals surface area contributed by atoms with Crippen molar-refractivity contribution >= 4 is 44.2 Å². The Balaban J connectivity index is 1.58. The fourth-order valence-electron chi connectivity index (χ4n) is 4.10. The second-order valence-corrected chi connectivity index (χ2v) is 16.2. The van der Waals surface area contributed by atoms with E-state index in [1.807, 2.05) is 39.0 Å². The summed E-state index contributed by atoms with van der Waals surface area (Å²) in [5, 5.41) is 8.39. The maximum Gasteiger partial charge on any atom is 0.407 e. The van der Waals surface area contributed by atoms with Gasteiger partial charge in [-0.1, -0.05) is 11.6 Å². The van der Waals surface area contributed by atoms with Crippen molar-refractivity contribution in [2.75, 3.05) is 36.4 Å². The van der Waals surface area contributed by atoms with Crippen LogP contribution in [0.1, 0.15) is 46.5 Å². The minimum absolute atomic E-state index is 0.104. The molecule has 196 valence electrons. The number of halogens is 1. The van der Waals surface area contributed by atoms with E-state index in [2.05, 4.69) is 29.4 Å². The highest BCUT2D eigenvalue weighted by atomic mass is 35.5. The molecule has 2 N–H and O–H groups in total. The van der Waals surface area contributed by atoms with E-state index >= 15 is 0 Å². The van der Waals surface area contributed by atoms with Crippen molar-refractivity contribution in [3.8, 4) is 0 Å². The summed E-state index contributed by atoms with van der Waals surface area (Å²) >= 11 is 6.56. The lowest BCUT2D eigenvalue weighted by atomic mass is 9.91. The van der Waals surface area contributed by atoms with E-state index in [-0.39, 0.29) is 24.4 Å². The van der Waals surface area contributed by atoms with Crippen LogP contribution in [0.5, 0.6) is 0 Å². The summed E-state index contributed by atoms with van der Waals surface area (Å²) in [5.74, 6) is 0.997. The number of anilines is 1. The van der Waals surface area contributed by atoms with Crippen LogP contribution in [-0.4, -0.2) is 59.5 Å². The van der Waals surface area contributed by atoms with Gasteiger partial charge in [-0.25, -0.2) is 14.8 Å². The zero-order valence-electron chi connectivity index (χ0n) is 21.8. The molecule has 1 aromatic heterocycles. The number of carbonyl (C=O) groups excluding carboxylic acids is 1. The fraction of sp³-hybridized carbons (Fsp3) is 0.615. The van der Waals surface area contributed by atoms with Crippen molar-refractivity contribution in [2.45, 2.75) is 70.9 Å². The maximum absolute atomic E-state index is 12.9. The van der Waals surface area contributed by atoms with Crippen LogP contribution in [-0.2, 0) is 16.2 Å². The van der Waals surface area contributed by atoms with Crippen LogP contribution >= 0.6 is 21.6 Å². The topological polar surface area (TPSA) is 81.6 Å². The number of hydrogen-bond donors (Lipinski definition) is 2. The van der Waals surface area contributed by atoms with Gasteiger partial charge in [-0.3, -0.25) is 9.36 Å². The van der Waals surface area contributed by atoms with Crippen LogP contribution in [0, 0.1) is 0 Å². The Morgan fingerprint density at radius 2 is 1.77 bits per heavy atom. The molecule has 1 amide bonds. The minimum atomic E-state index is -0.633. The molecule has 0 radical (unpaired) electrons. The van der Waals surface area contributed by atoms with Crippen molar-refractivity contribution in [3.63, 3.8) is 0 Å². The van der Waals surface area contributed by atoms with Crippen molar-refractivity contribution in [1.29, 1.82) is 0 Å². The smallest absolute Gasteiger partial charge is 0.407 e. The molecule has 3 rings (SSSR count). The SMILES string of the molecule is CC(C)(C)OC(=O)N[C@H]1CC[C@H](Nc2ccc3c(=O)n(COCCS(C)(C)C)cc(Cl)c3c2)CC1. The minimum Gasteiger partial charge on any atom is -0.444 e. The average Bonchev–Trinajstić information content (AvgIpc) is 2.74. The molecular weight excluding hydrogens is 486 g/mol. The van der Waals surface area contributed by atoms with Crippen molar-refractivity contribution in [2.24, 2.45) is 0 Å². The number of nitrogens with zero attached hydrogens (tertiary/aromatic N) is 1. The van der Waals surface area contributed by atoms with Gasteiger partial charge in [-0.2, -0.15) is 0 Å². The molecule has 1 aromatic carbocycles. The summed E-state index contributed by atoms with van der Waals surface area (Å²) in [5.41, 5.74) is 0.334. The lowest BCUT2D eigenvalue weighted by Gasteiger charge is -2.31. The Hall–Kier alpha value is -1.90. The van der Waals surface area contributed by atoms with Crippen LogP contribution in [0.15, 0.2) is 29.2 Å². The second-order valence-electron chi connectivity index (χ2n) is 11.2. The van der Waals surface area contributed by atoms with Gasteiger partial charge < -0.3 is 20.1 Å². The third-order valence-electron chi connectivity index (χ3n) is 5.93. The van der Waals surface area contributed by atoms with Crippen LogP contribution in [0.25, 0.3) is 10.8 Å². The normalized spacial score (nSPS) is 19.4. The number of aromatic nitrogens is 1. The maximum atomic E-state index is 12.9. The molecule has 35 heavy (non-hydrogen) atoms. The van der Waals surface area contributed by atoms with Gasteiger partial charge in [0.05, 0.1) is 11.6 Å². The lowest BCUT2D eigenvalue weighted by Crippen LogP contribution is -2.42. The predicted octanol–water partition coefficient (Wildman–Crippen LogP) is 5.57. The fourth-order valence-corrected chi connectivity index (χ4v) is 4.99. The van der Waals surface area contributed by atoms with Crippen LogP contribution in [0.3, 0.4) is 0 Å². The molecule has 0 aliphatic heterocycles. The van der Waals surface area contributed by atoms with Gasteiger partial charge in [0, 0.05) is 40.5 Å². The van der Waals surface area contributed by atoms with Gasteiger partial charge in [-0.15, -0.1) is 0 Å². The van der Waals surface area contributed by atoms with E-state index in [1.54, 1.807) is 6.20 Å². The van der Waals surface area contributed by atoms with E-state index in [1.165, 1.54) is 4.57 Å². The van der Waals surface area contributed by atoms with E-state index in [0.29, 0.717) is 23.1 Å². The van der Waals surface area contributed by atoms with Crippen molar-refractivity contribution in [3.05, 3.63) is 39.8 Å². The van der Waals surface area contributed by atoms with E-state index in [9.17, 15) is 9.59 Å². The van der Waals surface area contributed by atoms with E-state index in [4.69, 9.17) is 21.1 Å². The number of carbonyl (C=O) groups is 1. The van der Waals surface area contributed by atoms with Crippen LogP contribution in [0.2, 0.25) is 5.02 Å². The number of hydrogen-bond acceptors (Lipinski definition) is 5. The van der Waals surface area contributed by atoms with Gasteiger partial charge in [-0.05, 0) is 83.4 Å². The summed E-state index contributed by atoms with van der Waals surface area (Å²) in [4.78, 5) is 25.0. The molecule has 0 bridgehead atoms. The molecule has 0 spiro atoms. The first-order valence-electron chi connectivity index (χ1n) is 12.1. The van der Waals surface area contributed by atoms with E-state index in [0.717, 1.165) is 42.5 Å². The van der Waals surface area contributed by atoms with Gasteiger partial charge in [0.1, 0.15) is 12.3 Å². The largest absolute Gasteiger partial charge is 0.444 e. The lowest BCUT2D eigenvalue weighted by molar-refractivity contribution is 0.0492. The second kappa shape index (κ2) is 11.4. The summed E-state index contributed by atoms with van der Waals surface area (Å²) in [6, 6.07) is 6.12. The first-order valence-corrected chi connectivity index (χ1v) is 15.5. The average molecular weight is 526 g/mol. The van der Waals surface area contributed by atoms with Gasteiger partial charge in [0.15, 0.2) is 0 Å².